The Morgan fingerprint density at radius 3 is 2.32 bits per heavy atom. The molecule has 1 aromatic heterocycles. The van der Waals surface area contributed by atoms with Gasteiger partial charge in [-0.05, 0) is 12.1 Å². The lowest BCUT2D eigenvalue weighted by atomic mass is 10.2. The van der Waals surface area contributed by atoms with Crippen LogP contribution in [0.4, 0.5) is 5.69 Å². The summed E-state index contributed by atoms with van der Waals surface area (Å²) in [6.45, 7) is -0.525. The van der Waals surface area contributed by atoms with Crippen molar-refractivity contribution in [3.63, 3.8) is 0 Å². The van der Waals surface area contributed by atoms with Crippen molar-refractivity contribution in [1.82, 2.24) is 4.98 Å². The van der Waals surface area contributed by atoms with Gasteiger partial charge in [0.2, 0.25) is 0 Å². The van der Waals surface area contributed by atoms with Crippen LogP contribution in [0, 0.1) is 0 Å². The Morgan fingerprint density at radius 2 is 1.72 bits per heavy atom. The number of esters is 1. The molecule has 9 heteroatoms. The third-order valence-electron chi connectivity index (χ3n) is 2.97. The molecule has 0 atom stereocenters. The van der Waals surface area contributed by atoms with E-state index in [2.05, 4.69) is 10.3 Å². The molecule has 2 rings (SSSR count). The summed E-state index contributed by atoms with van der Waals surface area (Å²) in [5.74, 6) is -0.407. The van der Waals surface area contributed by atoms with Crippen LogP contribution >= 0.6 is 23.2 Å². The topological polar surface area (TPSA) is 86.8 Å². The molecular weight excluding hydrogens is 371 g/mol. The maximum absolute atomic E-state index is 11.9. The lowest BCUT2D eigenvalue weighted by molar-refractivity contribution is -0.119. The van der Waals surface area contributed by atoms with Crippen LogP contribution in [0.5, 0.6) is 11.5 Å². The Morgan fingerprint density at radius 1 is 1.08 bits per heavy atom. The number of aromatic nitrogens is 1. The van der Waals surface area contributed by atoms with Gasteiger partial charge < -0.3 is 19.5 Å². The fourth-order valence-corrected chi connectivity index (χ4v) is 2.17. The normalized spacial score (nSPS) is 10.1. The summed E-state index contributed by atoms with van der Waals surface area (Å²) in [5, 5.41) is 2.73. The van der Waals surface area contributed by atoms with E-state index in [9.17, 15) is 9.59 Å². The number of anilines is 1. The smallest absolute Gasteiger partial charge is 0.359 e. The largest absolute Gasteiger partial charge is 0.497 e. The van der Waals surface area contributed by atoms with Crippen LogP contribution in [0.1, 0.15) is 10.5 Å². The maximum atomic E-state index is 11.9. The first-order chi connectivity index (χ1) is 11.9. The molecule has 1 amide bonds. The van der Waals surface area contributed by atoms with Gasteiger partial charge in [-0.1, -0.05) is 23.2 Å². The van der Waals surface area contributed by atoms with E-state index in [0.29, 0.717) is 17.2 Å². The standard InChI is InChI=1S/C16H14Cl2N2O5/c1-23-10-5-9(6-11(7-10)24-2)19-14(21)8-25-16(22)15-12(17)3-4-13(18)20-15/h3-7H,8H2,1-2H3,(H,19,21). The third-order valence-corrected chi connectivity index (χ3v) is 3.49. The predicted molar refractivity (Wildman–Crippen MR) is 92.7 cm³/mol. The number of nitrogens with one attached hydrogen (secondary N) is 1. The zero-order chi connectivity index (χ0) is 18.4. The van der Waals surface area contributed by atoms with Gasteiger partial charge in [0.05, 0.1) is 19.2 Å². The lowest BCUT2D eigenvalue weighted by Gasteiger charge is -2.10. The van der Waals surface area contributed by atoms with Crippen molar-refractivity contribution in [2.24, 2.45) is 0 Å². The van der Waals surface area contributed by atoms with E-state index in [1.54, 1.807) is 18.2 Å². The van der Waals surface area contributed by atoms with Crippen molar-refractivity contribution in [3.8, 4) is 11.5 Å². The number of rotatable bonds is 6. The van der Waals surface area contributed by atoms with E-state index in [0.717, 1.165) is 0 Å². The second kappa shape index (κ2) is 8.55. The van der Waals surface area contributed by atoms with Crippen LogP contribution in [-0.4, -0.2) is 37.7 Å². The minimum atomic E-state index is -0.856. The first-order valence-corrected chi connectivity index (χ1v) is 7.70. The number of ether oxygens (including phenoxy) is 3. The van der Waals surface area contributed by atoms with Gasteiger partial charge in [-0.15, -0.1) is 0 Å². The highest BCUT2D eigenvalue weighted by Crippen LogP contribution is 2.25. The number of amides is 1. The number of hydrogen-bond acceptors (Lipinski definition) is 6. The van der Waals surface area contributed by atoms with Crippen LogP contribution in [0.25, 0.3) is 0 Å². The van der Waals surface area contributed by atoms with E-state index in [1.807, 2.05) is 0 Å². The van der Waals surface area contributed by atoms with Crippen molar-refractivity contribution in [3.05, 3.63) is 46.2 Å². The molecule has 0 fully saturated rings. The molecule has 0 aliphatic carbocycles. The summed E-state index contributed by atoms with van der Waals surface area (Å²) < 4.78 is 15.1. The summed E-state index contributed by atoms with van der Waals surface area (Å²) in [6.07, 6.45) is 0. The van der Waals surface area contributed by atoms with Crippen LogP contribution in [0.15, 0.2) is 30.3 Å². The van der Waals surface area contributed by atoms with Gasteiger partial charge in [0.1, 0.15) is 16.7 Å². The number of benzene rings is 1. The number of hydrogen-bond donors (Lipinski definition) is 1. The summed E-state index contributed by atoms with van der Waals surface area (Å²) in [5.41, 5.74) is 0.265. The molecule has 0 bridgehead atoms. The molecule has 1 N–H and O–H groups in total. The maximum Gasteiger partial charge on any atom is 0.359 e. The SMILES string of the molecule is COc1cc(NC(=O)COC(=O)c2nc(Cl)ccc2Cl)cc(OC)c1. The number of nitrogens with zero attached hydrogens (tertiary/aromatic N) is 1. The fraction of sp³-hybridized carbons (Fsp3) is 0.188. The van der Waals surface area contributed by atoms with Crippen LogP contribution in [0.2, 0.25) is 10.2 Å². The highest BCUT2D eigenvalue weighted by atomic mass is 35.5. The predicted octanol–water partition coefficient (Wildman–Crippen LogP) is 3.20. The van der Waals surface area contributed by atoms with E-state index in [-0.39, 0.29) is 15.9 Å². The van der Waals surface area contributed by atoms with E-state index < -0.39 is 18.5 Å². The fourth-order valence-electron chi connectivity index (χ4n) is 1.84. The molecule has 0 radical (unpaired) electrons. The molecule has 2 aromatic rings. The molecule has 7 nitrogen and oxygen atoms in total. The van der Waals surface area contributed by atoms with Crippen LogP contribution in [0.3, 0.4) is 0 Å². The Hall–Kier alpha value is -2.51. The minimum Gasteiger partial charge on any atom is -0.497 e. The number of methoxy groups -OCH3 is 2. The second-order valence-electron chi connectivity index (χ2n) is 4.69. The highest BCUT2D eigenvalue weighted by molar-refractivity contribution is 6.34. The molecule has 1 aromatic carbocycles. The number of pyridine rings is 1. The van der Waals surface area contributed by atoms with Crippen molar-refractivity contribution >= 4 is 40.8 Å². The number of carbonyl (C=O) groups is 2. The first-order valence-electron chi connectivity index (χ1n) is 6.95. The molecule has 0 unspecified atom stereocenters. The number of halogens is 2. The molecule has 132 valence electrons. The van der Waals surface area contributed by atoms with Gasteiger partial charge in [-0.3, -0.25) is 4.79 Å². The first kappa shape index (κ1) is 18.8. The van der Waals surface area contributed by atoms with Gasteiger partial charge in [0.15, 0.2) is 12.3 Å². The monoisotopic (exact) mass is 384 g/mol. The molecule has 1 heterocycles. The van der Waals surface area contributed by atoms with Crippen molar-refractivity contribution in [2.75, 3.05) is 26.1 Å². The third kappa shape index (κ3) is 5.23. The summed E-state index contributed by atoms with van der Waals surface area (Å²) in [4.78, 5) is 27.7. The van der Waals surface area contributed by atoms with Crippen molar-refractivity contribution < 1.29 is 23.8 Å². The zero-order valence-electron chi connectivity index (χ0n) is 13.3. The summed E-state index contributed by atoms with van der Waals surface area (Å²) >= 11 is 11.6. The molecular formula is C16H14Cl2N2O5. The molecule has 0 spiro atoms. The zero-order valence-corrected chi connectivity index (χ0v) is 14.9. The van der Waals surface area contributed by atoms with Gasteiger partial charge in [0, 0.05) is 23.9 Å². The lowest BCUT2D eigenvalue weighted by Crippen LogP contribution is -2.21. The van der Waals surface area contributed by atoms with Crippen molar-refractivity contribution in [2.45, 2.75) is 0 Å². The molecule has 0 aliphatic rings. The van der Waals surface area contributed by atoms with Crippen molar-refractivity contribution in [1.29, 1.82) is 0 Å². The highest BCUT2D eigenvalue weighted by Gasteiger charge is 2.16. The summed E-state index contributed by atoms with van der Waals surface area (Å²) in [6, 6.07) is 7.69. The van der Waals surface area contributed by atoms with E-state index >= 15 is 0 Å². The van der Waals surface area contributed by atoms with Gasteiger partial charge in [-0.2, -0.15) is 0 Å². The van der Waals surface area contributed by atoms with Crippen LogP contribution < -0.4 is 14.8 Å². The van der Waals surface area contributed by atoms with Gasteiger partial charge >= 0.3 is 5.97 Å². The Kier molecular flexibility index (Phi) is 6.44. The average Bonchev–Trinajstić information content (AvgIpc) is 2.61. The average molecular weight is 385 g/mol. The summed E-state index contributed by atoms with van der Waals surface area (Å²) in [7, 11) is 2.98. The Bertz CT molecular complexity index is 776. The van der Waals surface area contributed by atoms with Crippen LogP contribution in [-0.2, 0) is 9.53 Å². The van der Waals surface area contributed by atoms with E-state index in [4.69, 9.17) is 37.4 Å². The number of carbonyl (C=O) groups excluding carboxylic acids is 2. The molecule has 25 heavy (non-hydrogen) atoms. The quantitative estimate of drug-likeness (QED) is 0.607. The Labute approximate surface area is 153 Å². The molecule has 0 saturated heterocycles. The Balaban J connectivity index is 1.99. The van der Waals surface area contributed by atoms with Gasteiger partial charge in [0.25, 0.3) is 5.91 Å². The minimum absolute atomic E-state index is 0.0762. The molecule has 0 saturated carbocycles. The second-order valence-corrected chi connectivity index (χ2v) is 5.48. The van der Waals surface area contributed by atoms with E-state index in [1.165, 1.54) is 26.4 Å². The molecule has 0 aliphatic heterocycles. The van der Waals surface area contributed by atoms with Gasteiger partial charge in [-0.25, -0.2) is 9.78 Å².